The summed E-state index contributed by atoms with van der Waals surface area (Å²) in [5, 5.41) is 1.97. The predicted octanol–water partition coefficient (Wildman–Crippen LogP) is 3.14. The number of aromatic nitrogens is 3. The minimum atomic E-state index is -4.88. The highest BCUT2D eigenvalue weighted by Crippen LogP contribution is 2.38. The third kappa shape index (κ3) is 4.37. The van der Waals surface area contributed by atoms with Crippen molar-refractivity contribution in [1.29, 1.82) is 0 Å². The van der Waals surface area contributed by atoms with E-state index in [9.17, 15) is 31.2 Å². The summed E-state index contributed by atoms with van der Waals surface area (Å²) >= 11 is 0. The lowest BCUT2D eigenvalue weighted by Crippen LogP contribution is -2.36. The van der Waals surface area contributed by atoms with Crippen LogP contribution in [0.2, 0.25) is 0 Å². The summed E-state index contributed by atoms with van der Waals surface area (Å²) in [4.78, 5) is 29.6. The zero-order chi connectivity index (χ0) is 25.5. The van der Waals surface area contributed by atoms with Gasteiger partial charge >= 0.3 is 6.18 Å². The molecule has 4 rings (SSSR count). The number of halogens is 3. The summed E-state index contributed by atoms with van der Waals surface area (Å²) < 4.78 is 73.9. The molecule has 4 aromatic rings. The quantitative estimate of drug-likeness (QED) is 0.429. The molecule has 9 nitrogen and oxygen atoms in total. The summed E-state index contributed by atoms with van der Waals surface area (Å²) in [6.07, 6.45) is -4.88. The smallest absolute Gasteiger partial charge is 0.433 e. The van der Waals surface area contributed by atoms with Gasteiger partial charge in [-0.05, 0) is 24.6 Å². The summed E-state index contributed by atoms with van der Waals surface area (Å²) in [7, 11) is -3.12. The number of ether oxygens (including phenoxy) is 1. The van der Waals surface area contributed by atoms with Gasteiger partial charge in [0.2, 0.25) is 0 Å². The fourth-order valence-electron chi connectivity index (χ4n) is 3.52. The van der Waals surface area contributed by atoms with Crippen molar-refractivity contribution >= 4 is 21.6 Å². The van der Waals surface area contributed by atoms with Gasteiger partial charge in [0.05, 0.1) is 23.3 Å². The van der Waals surface area contributed by atoms with Crippen LogP contribution in [0.15, 0.2) is 64.3 Å². The molecule has 0 aliphatic carbocycles. The topological polar surface area (TPSA) is 123 Å². The van der Waals surface area contributed by atoms with Gasteiger partial charge in [0.15, 0.2) is 5.65 Å². The van der Waals surface area contributed by atoms with Crippen molar-refractivity contribution in [3.63, 3.8) is 0 Å². The number of carbonyl (C=O) groups excluding carboxylic acids is 1. The molecule has 35 heavy (non-hydrogen) atoms. The minimum Gasteiger partial charge on any atom is -0.497 e. The van der Waals surface area contributed by atoms with E-state index in [4.69, 9.17) is 4.74 Å². The van der Waals surface area contributed by atoms with Gasteiger partial charge in [-0.2, -0.15) is 17.7 Å². The van der Waals surface area contributed by atoms with Gasteiger partial charge in [0.25, 0.3) is 21.5 Å². The standard InChI is InChI=1S/C22H17F3N4O5S/c1-12-16(20(30)28-35(32,33)15-10-6-9-14(11-15)34-2)21(31)29-19(26-12)17(13-7-4-3-5-8-13)18(27-29)22(23,24)25/h3-11,27H,1-2H3,(H,28,30). The van der Waals surface area contributed by atoms with Crippen LogP contribution in [0.1, 0.15) is 21.7 Å². The second-order valence-electron chi connectivity index (χ2n) is 7.38. The molecule has 0 radical (unpaired) electrons. The molecular weight excluding hydrogens is 489 g/mol. The number of benzene rings is 2. The largest absolute Gasteiger partial charge is 0.497 e. The number of amides is 1. The number of methoxy groups -OCH3 is 1. The first-order chi connectivity index (χ1) is 16.4. The second-order valence-corrected chi connectivity index (χ2v) is 9.06. The average Bonchev–Trinajstić information content (AvgIpc) is 3.19. The normalized spacial score (nSPS) is 12.0. The maximum absolute atomic E-state index is 13.8. The monoisotopic (exact) mass is 506 g/mol. The highest BCUT2D eigenvalue weighted by Gasteiger charge is 2.38. The van der Waals surface area contributed by atoms with Crippen LogP contribution in [0, 0.1) is 6.92 Å². The van der Waals surface area contributed by atoms with Gasteiger partial charge in [0, 0.05) is 6.07 Å². The number of nitrogens with one attached hydrogen (secondary N) is 2. The Hall–Kier alpha value is -4.13. The zero-order valence-corrected chi connectivity index (χ0v) is 19.0. The first-order valence-electron chi connectivity index (χ1n) is 9.93. The Morgan fingerprint density at radius 2 is 1.80 bits per heavy atom. The van der Waals surface area contributed by atoms with Crippen LogP contribution in [0.25, 0.3) is 16.8 Å². The van der Waals surface area contributed by atoms with Crippen LogP contribution in [0.4, 0.5) is 13.2 Å². The number of alkyl halides is 3. The third-order valence-electron chi connectivity index (χ3n) is 5.11. The Kier molecular flexibility index (Phi) is 5.88. The van der Waals surface area contributed by atoms with E-state index in [2.05, 4.69) is 4.98 Å². The molecule has 13 heteroatoms. The molecule has 0 bridgehead atoms. The molecule has 0 saturated carbocycles. The summed E-state index contributed by atoms with van der Waals surface area (Å²) in [5.41, 5.74) is -4.02. The van der Waals surface area contributed by atoms with E-state index in [1.54, 1.807) is 10.8 Å². The van der Waals surface area contributed by atoms with Crippen molar-refractivity contribution in [2.45, 2.75) is 18.0 Å². The maximum Gasteiger partial charge on any atom is 0.433 e. The highest BCUT2D eigenvalue weighted by molar-refractivity contribution is 7.90. The first kappa shape index (κ1) is 24.0. The number of H-pyrrole nitrogens is 1. The van der Waals surface area contributed by atoms with Crippen molar-refractivity contribution in [2.24, 2.45) is 0 Å². The number of rotatable bonds is 5. The second kappa shape index (κ2) is 8.58. The Morgan fingerprint density at radius 3 is 2.43 bits per heavy atom. The lowest BCUT2D eigenvalue weighted by molar-refractivity contribution is -0.140. The third-order valence-corrected chi connectivity index (χ3v) is 6.44. The van der Waals surface area contributed by atoms with Gasteiger partial charge in [-0.15, -0.1) is 0 Å². The Bertz CT molecular complexity index is 1610. The lowest BCUT2D eigenvalue weighted by atomic mass is 10.1. The number of sulfonamides is 1. The van der Waals surface area contributed by atoms with Gasteiger partial charge in [0.1, 0.15) is 17.0 Å². The molecule has 2 aromatic carbocycles. The first-order valence-corrected chi connectivity index (χ1v) is 11.4. The van der Waals surface area contributed by atoms with Crippen LogP contribution < -0.4 is 15.0 Å². The molecule has 0 atom stereocenters. The van der Waals surface area contributed by atoms with Crippen LogP contribution in [0.5, 0.6) is 5.75 Å². The summed E-state index contributed by atoms with van der Waals surface area (Å²) in [6, 6.07) is 12.7. The number of carbonyl (C=O) groups is 1. The zero-order valence-electron chi connectivity index (χ0n) is 18.2. The Morgan fingerprint density at radius 1 is 1.11 bits per heavy atom. The molecule has 0 aliphatic heterocycles. The highest BCUT2D eigenvalue weighted by atomic mass is 32.2. The Labute approximate surface area is 196 Å². The molecule has 2 N–H and O–H groups in total. The molecule has 2 aromatic heterocycles. The van der Waals surface area contributed by atoms with Crippen LogP contribution in [0.3, 0.4) is 0 Å². The molecule has 0 unspecified atom stereocenters. The van der Waals surface area contributed by atoms with Crippen LogP contribution in [-0.4, -0.2) is 36.0 Å². The SMILES string of the molecule is COc1cccc(S(=O)(=O)NC(=O)c2c(C)nc3c(-c4ccccc4)c(C(F)(F)F)[nH]n3c2=O)c1. The molecule has 0 spiro atoms. The fraction of sp³-hybridized carbons (Fsp3) is 0.136. The number of hydrogen-bond acceptors (Lipinski definition) is 6. The van der Waals surface area contributed by atoms with Crippen molar-refractivity contribution in [3.8, 4) is 16.9 Å². The lowest BCUT2D eigenvalue weighted by Gasteiger charge is -2.10. The number of hydrogen-bond donors (Lipinski definition) is 2. The van der Waals surface area contributed by atoms with Crippen molar-refractivity contribution in [3.05, 3.63) is 81.9 Å². The van der Waals surface area contributed by atoms with E-state index in [0.717, 1.165) is 6.07 Å². The molecule has 1 amide bonds. The van der Waals surface area contributed by atoms with E-state index < -0.39 is 38.9 Å². The van der Waals surface area contributed by atoms with Crippen molar-refractivity contribution in [2.75, 3.05) is 7.11 Å². The molecular formula is C22H17F3N4O5S. The number of aryl methyl sites for hydroxylation is 1. The van der Waals surface area contributed by atoms with E-state index in [1.165, 1.54) is 56.5 Å². The number of fused-ring (bicyclic) bond motifs is 1. The van der Waals surface area contributed by atoms with E-state index >= 15 is 0 Å². The van der Waals surface area contributed by atoms with E-state index in [0.29, 0.717) is 4.52 Å². The van der Waals surface area contributed by atoms with Crippen LogP contribution in [-0.2, 0) is 16.2 Å². The summed E-state index contributed by atoms with van der Waals surface area (Å²) in [6.45, 7) is 1.23. The van der Waals surface area contributed by atoms with Crippen LogP contribution >= 0.6 is 0 Å². The molecule has 0 saturated heterocycles. The van der Waals surface area contributed by atoms with E-state index in [1.807, 2.05) is 5.10 Å². The molecule has 182 valence electrons. The maximum atomic E-state index is 13.8. The fourth-order valence-corrected chi connectivity index (χ4v) is 4.52. The van der Waals surface area contributed by atoms with Crippen molar-refractivity contribution in [1.82, 2.24) is 19.3 Å². The van der Waals surface area contributed by atoms with Gasteiger partial charge < -0.3 is 4.74 Å². The van der Waals surface area contributed by atoms with Gasteiger partial charge in [-0.1, -0.05) is 36.4 Å². The average molecular weight is 506 g/mol. The molecule has 0 aliphatic rings. The van der Waals surface area contributed by atoms with Crippen molar-refractivity contribution < 1.29 is 31.1 Å². The Balaban J connectivity index is 1.85. The van der Waals surface area contributed by atoms with E-state index in [-0.39, 0.29) is 33.1 Å². The number of aromatic amines is 1. The van der Waals surface area contributed by atoms with Gasteiger partial charge in [-0.3, -0.25) is 14.7 Å². The summed E-state index contributed by atoms with van der Waals surface area (Å²) in [5.74, 6) is -1.14. The predicted molar refractivity (Wildman–Crippen MR) is 119 cm³/mol. The molecule has 0 fully saturated rings. The van der Waals surface area contributed by atoms with Gasteiger partial charge in [-0.25, -0.2) is 18.1 Å². The molecule has 2 heterocycles. The minimum absolute atomic E-state index is 0.141. The number of nitrogens with zero attached hydrogens (tertiary/aromatic N) is 2.